The Morgan fingerprint density at radius 2 is 0.386 bits per heavy atom. The van der Waals surface area contributed by atoms with E-state index in [-0.39, 0.29) is 31.1 Å². The van der Waals surface area contributed by atoms with Crippen molar-refractivity contribution >= 4 is 17.9 Å². The molecule has 0 fully saturated rings. The quantitative estimate of drug-likeness (QED) is 0.0343. The Balaban J connectivity index is 4.21. The summed E-state index contributed by atoms with van der Waals surface area (Å²) in [4.78, 5) is 38.2. The van der Waals surface area contributed by atoms with Crippen molar-refractivity contribution in [3.63, 3.8) is 0 Å². The number of carbonyl (C=O) groups is 3. The molecule has 6 heteroatoms. The van der Waals surface area contributed by atoms with Gasteiger partial charge in [0.1, 0.15) is 13.2 Å². The lowest BCUT2D eigenvalue weighted by Crippen LogP contribution is -2.30. The highest BCUT2D eigenvalue weighted by atomic mass is 16.6. The zero-order valence-electron chi connectivity index (χ0n) is 47.8. The van der Waals surface area contributed by atoms with Crippen molar-refractivity contribution in [3.8, 4) is 0 Å². The lowest BCUT2D eigenvalue weighted by molar-refractivity contribution is -0.167. The van der Waals surface area contributed by atoms with Crippen LogP contribution in [0.25, 0.3) is 0 Å². The minimum Gasteiger partial charge on any atom is -0.462 e. The Labute approximate surface area is 438 Å². The first-order chi connectivity index (χ1) is 34.5. The maximum atomic E-state index is 12.9. The average molecular weight is 990 g/mol. The molecule has 0 N–H and O–H groups in total. The van der Waals surface area contributed by atoms with E-state index in [9.17, 15) is 14.4 Å². The molecule has 0 radical (unpaired) electrons. The van der Waals surface area contributed by atoms with Crippen molar-refractivity contribution in [2.24, 2.45) is 0 Å². The maximum absolute atomic E-state index is 12.9. The average Bonchev–Trinajstić information content (AvgIpc) is 3.36. The molecule has 1 atom stereocenters. The Kier molecular flexibility index (Phi) is 58.6. The topological polar surface area (TPSA) is 78.9 Å². The van der Waals surface area contributed by atoms with Crippen molar-refractivity contribution in [2.45, 2.75) is 380 Å². The van der Waals surface area contributed by atoms with Crippen LogP contribution in [0.4, 0.5) is 0 Å². The largest absolute Gasteiger partial charge is 0.462 e. The summed E-state index contributed by atoms with van der Waals surface area (Å²) in [6.45, 7) is 6.72. The van der Waals surface area contributed by atoms with Crippen LogP contribution in [0.5, 0.6) is 0 Å². The molecule has 0 saturated heterocycles. The lowest BCUT2D eigenvalue weighted by Gasteiger charge is -2.18. The van der Waals surface area contributed by atoms with Gasteiger partial charge in [-0.05, 0) is 19.3 Å². The normalized spacial score (nSPS) is 11.9. The number of unbranched alkanes of at least 4 members (excludes halogenated alkanes) is 49. The third kappa shape index (κ3) is 57.3. The fraction of sp³-hybridized carbons (Fsp3) is 0.953. The monoisotopic (exact) mass is 989 g/mol. The predicted molar refractivity (Wildman–Crippen MR) is 303 cm³/mol. The Morgan fingerprint density at radius 1 is 0.229 bits per heavy atom. The molecule has 416 valence electrons. The van der Waals surface area contributed by atoms with Crippen LogP contribution in [0.15, 0.2) is 0 Å². The first-order valence-electron chi connectivity index (χ1n) is 32.0. The van der Waals surface area contributed by atoms with Crippen LogP contribution in [0, 0.1) is 0 Å². The summed E-state index contributed by atoms with van der Waals surface area (Å²) in [6, 6.07) is 0. The van der Waals surface area contributed by atoms with E-state index in [1.165, 1.54) is 276 Å². The van der Waals surface area contributed by atoms with E-state index in [2.05, 4.69) is 20.8 Å². The van der Waals surface area contributed by atoms with E-state index in [0.717, 1.165) is 57.8 Å². The predicted octanol–water partition coefficient (Wildman–Crippen LogP) is 21.5. The van der Waals surface area contributed by atoms with Gasteiger partial charge in [0.25, 0.3) is 0 Å². The van der Waals surface area contributed by atoms with Gasteiger partial charge in [-0.3, -0.25) is 14.4 Å². The van der Waals surface area contributed by atoms with Crippen molar-refractivity contribution in [2.75, 3.05) is 13.2 Å². The first-order valence-corrected chi connectivity index (χ1v) is 32.0. The van der Waals surface area contributed by atoms with Crippen LogP contribution in [0.1, 0.15) is 374 Å². The van der Waals surface area contributed by atoms with Gasteiger partial charge in [0.2, 0.25) is 0 Å². The summed E-state index contributed by atoms with van der Waals surface area (Å²) >= 11 is 0. The molecule has 0 aliphatic heterocycles. The van der Waals surface area contributed by atoms with Gasteiger partial charge in [-0.25, -0.2) is 0 Å². The van der Waals surface area contributed by atoms with Crippen LogP contribution >= 0.6 is 0 Å². The third-order valence-electron chi connectivity index (χ3n) is 14.9. The highest BCUT2D eigenvalue weighted by molar-refractivity contribution is 5.71. The van der Waals surface area contributed by atoms with E-state index in [4.69, 9.17) is 14.2 Å². The second-order valence-corrected chi connectivity index (χ2v) is 22.1. The zero-order valence-corrected chi connectivity index (χ0v) is 47.8. The highest BCUT2D eigenvalue weighted by Crippen LogP contribution is 2.19. The summed E-state index contributed by atoms with van der Waals surface area (Å²) in [5.41, 5.74) is 0. The summed E-state index contributed by atoms with van der Waals surface area (Å²) in [7, 11) is 0. The van der Waals surface area contributed by atoms with Gasteiger partial charge in [0.15, 0.2) is 6.10 Å². The summed E-state index contributed by atoms with van der Waals surface area (Å²) < 4.78 is 16.9. The molecule has 0 spiro atoms. The number of rotatable bonds is 60. The second kappa shape index (κ2) is 60.0. The fourth-order valence-corrected chi connectivity index (χ4v) is 10.0. The molecule has 0 aromatic rings. The molecule has 1 unspecified atom stereocenters. The SMILES string of the molecule is CCCCCCCCCCCCCCCCCCCCCCCCCC(=O)OCC(COC(=O)CCCCCCCCCCCCCCC)OC(=O)CCCCCCCCCCCCCCCCCC. The summed E-state index contributed by atoms with van der Waals surface area (Å²) in [6.07, 6.45) is 68.3. The smallest absolute Gasteiger partial charge is 0.306 e. The number of hydrogen-bond donors (Lipinski definition) is 0. The van der Waals surface area contributed by atoms with Crippen LogP contribution < -0.4 is 0 Å². The van der Waals surface area contributed by atoms with Crippen molar-refractivity contribution < 1.29 is 28.6 Å². The Bertz CT molecular complexity index is 1040. The second-order valence-electron chi connectivity index (χ2n) is 22.1. The van der Waals surface area contributed by atoms with E-state index >= 15 is 0 Å². The van der Waals surface area contributed by atoms with Gasteiger partial charge in [0.05, 0.1) is 0 Å². The van der Waals surface area contributed by atoms with Crippen molar-refractivity contribution in [1.82, 2.24) is 0 Å². The molecular weight excluding hydrogens is 865 g/mol. The van der Waals surface area contributed by atoms with Crippen LogP contribution in [0.3, 0.4) is 0 Å². The molecule has 0 aliphatic carbocycles. The van der Waals surface area contributed by atoms with E-state index in [0.29, 0.717) is 19.3 Å². The third-order valence-corrected chi connectivity index (χ3v) is 14.9. The Hall–Kier alpha value is -1.59. The van der Waals surface area contributed by atoms with Crippen LogP contribution in [0.2, 0.25) is 0 Å². The summed E-state index contributed by atoms with van der Waals surface area (Å²) in [5, 5.41) is 0. The van der Waals surface area contributed by atoms with E-state index < -0.39 is 6.10 Å². The standard InChI is InChI=1S/C64H124O6/c1-4-7-10-13-16-19-22-25-27-29-30-31-32-33-34-35-37-39-42-45-48-51-54-57-63(66)69-60-61(59-68-62(65)56-53-50-47-44-41-38-24-21-18-15-12-9-6-3)70-64(67)58-55-52-49-46-43-40-36-28-26-23-20-17-14-11-8-5-2/h61H,4-60H2,1-3H3. The van der Waals surface area contributed by atoms with E-state index in [1.54, 1.807) is 0 Å². The number of hydrogen-bond acceptors (Lipinski definition) is 6. The first kappa shape index (κ1) is 68.4. The van der Waals surface area contributed by atoms with Gasteiger partial charge in [-0.15, -0.1) is 0 Å². The van der Waals surface area contributed by atoms with Crippen molar-refractivity contribution in [1.29, 1.82) is 0 Å². The number of esters is 3. The number of ether oxygens (including phenoxy) is 3. The molecule has 0 amide bonds. The van der Waals surface area contributed by atoms with Gasteiger partial charge in [-0.2, -0.15) is 0 Å². The molecule has 70 heavy (non-hydrogen) atoms. The molecular formula is C64H124O6. The van der Waals surface area contributed by atoms with Crippen LogP contribution in [-0.2, 0) is 28.6 Å². The maximum Gasteiger partial charge on any atom is 0.306 e. The lowest BCUT2D eigenvalue weighted by atomic mass is 10.0. The van der Waals surface area contributed by atoms with Crippen molar-refractivity contribution in [3.05, 3.63) is 0 Å². The molecule has 0 aliphatic rings. The molecule has 0 bridgehead atoms. The number of carbonyl (C=O) groups excluding carboxylic acids is 3. The molecule has 0 saturated carbocycles. The minimum atomic E-state index is -0.762. The van der Waals surface area contributed by atoms with Gasteiger partial charge in [-0.1, -0.05) is 335 Å². The van der Waals surface area contributed by atoms with Gasteiger partial charge >= 0.3 is 17.9 Å². The zero-order chi connectivity index (χ0) is 50.7. The molecule has 0 aromatic heterocycles. The molecule has 0 heterocycles. The molecule has 0 rings (SSSR count). The Morgan fingerprint density at radius 3 is 0.571 bits per heavy atom. The van der Waals surface area contributed by atoms with Gasteiger partial charge in [0, 0.05) is 19.3 Å². The molecule has 0 aromatic carbocycles. The van der Waals surface area contributed by atoms with E-state index in [1.807, 2.05) is 0 Å². The fourth-order valence-electron chi connectivity index (χ4n) is 10.0. The summed E-state index contributed by atoms with van der Waals surface area (Å²) in [5.74, 6) is -0.826. The minimum absolute atomic E-state index is 0.0606. The van der Waals surface area contributed by atoms with Gasteiger partial charge < -0.3 is 14.2 Å². The molecule has 6 nitrogen and oxygen atoms in total. The van der Waals surface area contributed by atoms with Crippen LogP contribution in [-0.4, -0.2) is 37.2 Å². The highest BCUT2D eigenvalue weighted by Gasteiger charge is 2.19.